The van der Waals surface area contributed by atoms with E-state index in [0.717, 1.165) is 11.0 Å². The van der Waals surface area contributed by atoms with Crippen molar-refractivity contribution in [3.05, 3.63) is 35.1 Å². The predicted octanol–water partition coefficient (Wildman–Crippen LogP) is 2.85. The smallest absolute Gasteiger partial charge is 0.425 e. The molecule has 104 valence electrons. The highest BCUT2D eigenvalue weighted by atomic mass is 19.3. The van der Waals surface area contributed by atoms with E-state index in [2.05, 4.69) is 16.5 Å². The van der Waals surface area contributed by atoms with Crippen LogP contribution in [0, 0.1) is 10.7 Å². The standard InChI is InChI=1S/C11H12F3N3O2/c1-6(17(2)3)11(13,14)19-10-4-7(12)8(15)5-9(10)16-18/h4-5H,1,15H2,2-3H3. The van der Waals surface area contributed by atoms with Crippen molar-refractivity contribution in [1.82, 2.24) is 4.90 Å². The highest BCUT2D eigenvalue weighted by Crippen LogP contribution is 2.37. The molecule has 0 aliphatic rings. The van der Waals surface area contributed by atoms with E-state index in [-0.39, 0.29) is 0 Å². The van der Waals surface area contributed by atoms with Gasteiger partial charge in [0.25, 0.3) is 0 Å². The Morgan fingerprint density at radius 2 is 2.05 bits per heavy atom. The van der Waals surface area contributed by atoms with Crippen molar-refractivity contribution >= 4 is 11.4 Å². The maximum absolute atomic E-state index is 13.6. The first kappa shape index (κ1) is 14.8. The Morgan fingerprint density at radius 1 is 1.47 bits per heavy atom. The molecule has 1 aromatic rings. The minimum Gasteiger partial charge on any atom is -0.425 e. The summed E-state index contributed by atoms with van der Waals surface area (Å²) in [5.74, 6) is -1.71. The molecule has 0 amide bonds. The second-order valence-corrected chi connectivity index (χ2v) is 3.89. The summed E-state index contributed by atoms with van der Waals surface area (Å²) in [5.41, 5.74) is 3.61. The lowest BCUT2D eigenvalue weighted by Gasteiger charge is -2.25. The van der Waals surface area contributed by atoms with Crippen molar-refractivity contribution in [2.75, 3.05) is 19.8 Å². The number of rotatable bonds is 5. The van der Waals surface area contributed by atoms with Crippen LogP contribution in [-0.4, -0.2) is 25.1 Å². The van der Waals surface area contributed by atoms with Crippen LogP contribution < -0.4 is 10.5 Å². The summed E-state index contributed by atoms with van der Waals surface area (Å²) in [6.45, 7) is 3.14. The summed E-state index contributed by atoms with van der Waals surface area (Å²) in [6, 6.07) is 1.38. The van der Waals surface area contributed by atoms with Crippen LogP contribution >= 0.6 is 0 Å². The molecule has 1 rings (SSSR count). The van der Waals surface area contributed by atoms with E-state index < -0.39 is 34.7 Å². The highest BCUT2D eigenvalue weighted by molar-refractivity contribution is 5.60. The second kappa shape index (κ2) is 5.17. The summed E-state index contributed by atoms with van der Waals surface area (Å²) in [4.78, 5) is 11.5. The van der Waals surface area contributed by atoms with Crippen LogP contribution in [0.3, 0.4) is 0 Å². The van der Waals surface area contributed by atoms with Crippen LogP contribution in [-0.2, 0) is 0 Å². The molecule has 0 heterocycles. The van der Waals surface area contributed by atoms with E-state index >= 15 is 0 Å². The van der Waals surface area contributed by atoms with E-state index in [4.69, 9.17) is 5.73 Å². The molecule has 0 saturated heterocycles. The Morgan fingerprint density at radius 3 is 2.53 bits per heavy atom. The average Bonchev–Trinajstić information content (AvgIpc) is 2.31. The number of nitroso groups, excluding NO2 is 1. The Bertz CT molecular complexity index is 518. The topological polar surface area (TPSA) is 67.9 Å². The van der Waals surface area contributed by atoms with Gasteiger partial charge in [-0.15, -0.1) is 4.91 Å². The van der Waals surface area contributed by atoms with Crippen molar-refractivity contribution in [2.45, 2.75) is 6.11 Å². The number of nitrogens with two attached hydrogens (primary N) is 1. The van der Waals surface area contributed by atoms with Gasteiger partial charge in [-0.2, -0.15) is 8.78 Å². The molecule has 0 atom stereocenters. The zero-order valence-corrected chi connectivity index (χ0v) is 10.3. The zero-order chi connectivity index (χ0) is 14.8. The molecule has 0 aliphatic heterocycles. The second-order valence-electron chi connectivity index (χ2n) is 3.89. The first-order valence-corrected chi connectivity index (χ1v) is 5.05. The third-order valence-corrected chi connectivity index (χ3v) is 2.29. The van der Waals surface area contributed by atoms with Gasteiger partial charge in [0, 0.05) is 20.2 Å². The van der Waals surface area contributed by atoms with Gasteiger partial charge >= 0.3 is 6.11 Å². The van der Waals surface area contributed by atoms with E-state index in [9.17, 15) is 18.1 Å². The molecule has 0 fully saturated rings. The van der Waals surface area contributed by atoms with E-state index in [1.54, 1.807) is 0 Å². The number of likely N-dealkylation sites (N-methyl/N-ethyl adjacent to an activating group) is 1. The monoisotopic (exact) mass is 275 g/mol. The van der Waals surface area contributed by atoms with Gasteiger partial charge in [0.1, 0.15) is 11.5 Å². The van der Waals surface area contributed by atoms with Gasteiger partial charge in [0.2, 0.25) is 0 Å². The van der Waals surface area contributed by atoms with Gasteiger partial charge in [0.05, 0.1) is 5.69 Å². The number of halogens is 3. The van der Waals surface area contributed by atoms with Crippen molar-refractivity contribution in [2.24, 2.45) is 5.18 Å². The van der Waals surface area contributed by atoms with Gasteiger partial charge in [-0.25, -0.2) is 4.39 Å². The summed E-state index contributed by atoms with van der Waals surface area (Å²) in [7, 11) is 2.67. The van der Waals surface area contributed by atoms with Crippen molar-refractivity contribution in [3.63, 3.8) is 0 Å². The summed E-state index contributed by atoms with van der Waals surface area (Å²) in [5, 5.41) is 2.46. The highest BCUT2D eigenvalue weighted by Gasteiger charge is 2.38. The lowest BCUT2D eigenvalue weighted by atomic mass is 10.2. The van der Waals surface area contributed by atoms with Gasteiger partial charge in [0.15, 0.2) is 11.4 Å². The number of alkyl halides is 2. The van der Waals surface area contributed by atoms with Gasteiger partial charge in [-0.3, -0.25) is 0 Å². The first-order valence-electron chi connectivity index (χ1n) is 5.05. The molecular weight excluding hydrogens is 263 g/mol. The molecule has 0 aliphatic carbocycles. The number of benzene rings is 1. The normalized spacial score (nSPS) is 11.0. The van der Waals surface area contributed by atoms with E-state index in [1.807, 2.05) is 0 Å². The Hall–Kier alpha value is -2.25. The largest absolute Gasteiger partial charge is 0.441 e. The third kappa shape index (κ3) is 3.15. The summed E-state index contributed by atoms with van der Waals surface area (Å²) >= 11 is 0. The number of nitrogens with zero attached hydrogens (tertiary/aromatic N) is 2. The van der Waals surface area contributed by atoms with E-state index in [0.29, 0.717) is 6.07 Å². The molecule has 0 spiro atoms. The van der Waals surface area contributed by atoms with Crippen LogP contribution in [0.2, 0.25) is 0 Å². The van der Waals surface area contributed by atoms with Crippen LogP contribution in [0.15, 0.2) is 29.6 Å². The molecule has 0 saturated carbocycles. The van der Waals surface area contributed by atoms with Crippen LogP contribution in [0.1, 0.15) is 0 Å². The summed E-state index contributed by atoms with van der Waals surface area (Å²) in [6.07, 6.45) is -3.81. The third-order valence-electron chi connectivity index (χ3n) is 2.29. The Labute approximate surface area is 107 Å². The molecule has 8 heteroatoms. The lowest BCUT2D eigenvalue weighted by Crippen LogP contribution is -2.34. The molecule has 0 aromatic heterocycles. The Balaban J connectivity index is 3.15. The quantitative estimate of drug-likeness (QED) is 0.662. The fraction of sp³-hybridized carbons (Fsp3) is 0.273. The number of hydrogen-bond acceptors (Lipinski definition) is 5. The molecule has 2 N–H and O–H groups in total. The molecule has 5 nitrogen and oxygen atoms in total. The minimum absolute atomic E-state index is 0.392. The fourth-order valence-electron chi connectivity index (χ4n) is 1.17. The van der Waals surface area contributed by atoms with Crippen LogP contribution in [0.4, 0.5) is 24.5 Å². The number of hydrogen-bond donors (Lipinski definition) is 1. The fourth-order valence-corrected chi connectivity index (χ4v) is 1.17. The van der Waals surface area contributed by atoms with Crippen molar-refractivity contribution < 1.29 is 17.9 Å². The van der Waals surface area contributed by atoms with Crippen LogP contribution in [0.25, 0.3) is 0 Å². The molecular formula is C11H12F3N3O2. The number of ether oxygens (including phenoxy) is 1. The Kier molecular flexibility index (Phi) is 4.03. The van der Waals surface area contributed by atoms with Gasteiger partial charge < -0.3 is 15.4 Å². The van der Waals surface area contributed by atoms with Crippen molar-refractivity contribution in [3.8, 4) is 5.75 Å². The SMILES string of the molecule is C=C(N(C)C)C(F)(F)Oc1cc(F)c(N)cc1N=O. The maximum Gasteiger partial charge on any atom is 0.441 e. The zero-order valence-electron chi connectivity index (χ0n) is 10.3. The van der Waals surface area contributed by atoms with Gasteiger partial charge in [-0.05, 0) is 11.2 Å². The van der Waals surface area contributed by atoms with Crippen LogP contribution in [0.5, 0.6) is 5.75 Å². The number of nitrogen functional groups attached to an aromatic ring is 1. The first-order chi connectivity index (χ1) is 8.69. The molecule has 0 radical (unpaired) electrons. The van der Waals surface area contributed by atoms with Crippen molar-refractivity contribution in [1.29, 1.82) is 0 Å². The predicted molar refractivity (Wildman–Crippen MR) is 64.7 cm³/mol. The lowest BCUT2D eigenvalue weighted by molar-refractivity contribution is -0.154. The molecule has 19 heavy (non-hydrogen) atoms. The molecule has 1 aromatic carbocycles. The summed E-state index contributed by atoms with van der Waals surface area (Å²) < 4.78 is 44.8. The van der Waals surface area contributed by atoms with E-state index in [1.165, 1.54) is 14.1 Å². The van der Waals surface area contributed by atoms with Gasteiger partial charge in [-0.1, -0.05) is 6.58 Å². The maximum atomic E-state index is 13.6. The average molecular weight is 275 g/mol. The number of anilines is 1. The molecule has 0 bridgehead atoms. The molecule has 0 unspecified atom stereocenters. The minimum atomic E-state index is -3.81.